The first-order chi connectivity index (χ1) is 16.0. The number of nitrogens with one attached hydrogen (secondary N) is 1. The summed E-state index contributed by atoms with van der Waals surface area (Å²) in [5, 5.41) is 2.78. The fraction of sp³-hybridized carbons (Fsp3) is 0.478. The van der Waals surface area contributed by atoms with Gasteiger partial charge in [0, 0.05) is 19.6 Å². The van der Waals surface area contributed by atoms with Crippen molar-refractivity contribution in [1.82, 2.24) is 24.0 Å². The highest BCUT2D eigenvalue weighted by Gasteiger charge is 2.20. The molecule has 0 aliphatic carbocycles. The lowest BCUT2D eigenvalue weighted by molar-refractivity contribution is -0.121. The molecule has 0 spiro atoms. The van der Waals surface area contributed by atoms with E-state index in [2.05, 4.69) is 17.2 Å². The Kier molecular flexibility index (Phi) is 6.81. The zero-order valence-electron chi connectivity index (χ0n) is 19.0. The number of aromatic nitrogens is 4. The van der Waals surface area contributed by atoms with Crippen molar-refractivity contribution in [2.45, 2.75) is 65.7 Å². The Morgan fingerprint density at radius 2 is 1.82 bits per heavy atom. The zero-order chi connectivity index (χ0) is 23.4. The maximum absolute atomic E-state index is 13.2. The molecule has 0 saturated carbocycles. The Bertz CT molecular complexity index is 1270. The van der Waals surface area contributed by atoms with Gasteiger partial charge in [-0.3, -0.25) is 14.2 Å². The largest absolute Gasteiger partial charge is 0.454 e. The molecule has 0 atom stereocenters. The van der Waals surface area contributed by atoms with Crippen LogP contribution in [0.15, 0.2) is 34.1 Å². The van der Waals surface area contributed by atoms with Crippen molar-refractivity contribution in [2.75, 3.05) is 6.79 Å². The Labute approximate surface area is 190 Å². The first-order valence-electron chi connectivity index (χ1n) is 11.4. The lowest BCUT2D eigenvalue weighted by Gasteiger charge is -2.13. The van der Waals surface area contributed by atoms with E-state index in [0.717, 1.165) is 35.8 Å². The van der Waals surface area contributed by atoms with Gasteiger partial charge in [0.2, 0.25) is 12.7 Å². The third kappa shape index (κ3) is 4.64. The minimum atomic E-state index is -0.514. The number of nitrogens with zero attached hydrogens (tertiary/aromatic N) is 4. The number of rotatable bonds is 10. The van der Waals surface area contributed by atoms with Crippen molar-refractivity contribution in [3.05, 3.63) is 50.9 Å². The van der Waals surface area contributed by atoms with Crippen molar-refractivity contribution in [3.63, 3.8) is 0 Å². The maximum Gasteiger partial charge on any atom is 0.333 e. The van der Waals surface area contributed by atoms with Crippen LogP contribution in [0.3, 0.4) is 0 Å². The second kappa shape index (κ2) is 9.93. The lowest BCUT2D eigenvalue weighted by atomic mass is 10.2. The van der Waals surface area contributed by atoms with Crippen LogP contribution in [0.5, 0.6) is 11.5 Å². The van der Waals surface area contributed by atoms with Crippen LogP contribution in [0.2, 0.25) is 0 Å². The molecule has 176 valence electrons. The van der Waals surface area contributed by atoms with Gasteiger partial charge in [0.1, 0.15) is 6.54 Å². The summed E-state index contributed by atoms with van der Waals surface area (Å²) in [5.41, 5.74) is 0.567. The molecule has 0 radical (unpaired) electrons. The molecule has 10 heteroatoms. The van der Waals surface area contributed by atoms with Gasteiger partial charge < -0.3 is 19.4 Å². The van der Waals surface area contributed by atoms with Gasteiger partial charge in [-0.05, 0) is 30.5 Å². The highest BCUT2D eigenvalue weighted by atomic mass is 16.7. The van der Waals surface area contributed by atoms with Crippen molar-refractivity contribution >= 4 is 17.1 Å². The summed E-state index contributed by atoms with van der Waals surface area (Å²) < 4.78 is 15.0. The smallest absolute Gasteiger partial charge is 0.333 e. The van der Waals surface area contributed by atoms with Crippen LogP contribution in [-0.2, 0) is 31.0 Å². The molecule has 1 aliphatic rings. The molecule has 0 fully saturated rings. The average molecular weight is 456 g/mol. The van der Waals surface area contributed by atoms with E-state index in [0.29, 0.717) is 35.8 Å². The molecule has 3 heterocycles. The first-order valence-corrected chi connectivity index (χ1v) is 11.4. The molecule has 10 nitrogen and oxygen atoms in total. The molecule has 0 unspecified atom stereocenters. The number of amides is 1. The summed E-state index contributed by atoms with van der Waals surface area (Å²) in [6.45, 7) is 5.23. The summed E-state index contributed by atoms with van der Waals surface area (Å²) in [7, 11) is 0. The monoisotopic (exact) mass is 455 g/mol. The molecule has 0 saturated heterocycles. The van der Waals surface area contributed by atoms with E-state index in [1.807, 2.05) is 13.0 Å². The number of aryl methyl sites for hydroxylation is 2. The van der Waals surface area contributed by atoms with Gasteiger partial charge in [-0.25, -0.2) is 14.3 Å². The van der Waals surface area contributed by atoms with E-state index in [9.17, 15) is 14.4 Å². The molecule has 1 aliphatic heterocycles. The van der Waals surface area contributed by atoms with Crippen LogP contribution >= 0.6 is 0 Å². The van der Waals surface area contributed by atoms with Crippen molar-refractivity contribution in [1.29, 1.82) is 0 Å². The Morgan fingerprint density at radius 3 is 2.61 bits per heavy atom. The van der Waals surface area contributed by atoms with Crippen LogP contribution < -0.4 is 26.0 Å². The van der Waals surface area contributed by atoms with Crippen LogP contribution in [0.4, 0.5) is 0 Å². The number of unbranched alkanes of at least 4 members (excludes halogenated alkanes) is 2. The highest BCUT2D eigenvalue weighted by Crippen LogP contribution is 2.32. The summed E-state index contributed by atoms with van der Waals surface area (Å²) in [4.78, 5) is 43.4. The van der Waals surface area contributed by atoms with Gasteiger partial charge >= 0.3 is 5.69 Å². The molecule has 3 aromatic rings. The van der Waals surface area contributed by atoms with E-state index in [-0.39, 0.29) is 19.9 Å². The number of carbonyl (C=O) groups is 1. The number of hydrogen-bond acceptors (Lipinski definition) is 6. The Balaban J connectivity index is 1.59. The van der Waals surface area contributed by atoms with Gasteiger partial charge in [-0.1, -0.05) is 32.8 Å². The number of benzene rings is 1. The number of carbonyl (C=O) groups excluding carboxylic acids is 1. The summed E-state index contributed by atoms with van der Waals surface area (Å²) >= 11 is 0. The van der Waals surface area contributed by atoms with Gasteiger partial charge in [0.15, 0.2) is 22.7 Å². The predicted molar refractivity (Wildman–Crippen MR) is 122 cm³/mol. The second-order valence-corrected chi connectivity index (χ2v) is 8.11. The predicted octanol–water partition coefficient (Wildman–Crippen LogP) is 2.00. The van der Waals surface area contributed by atoms with Crippen LogP contribution in [0.25, 0.3) is 11.2 Å². The van der Waals surface area contributed by atoms with E-state index in [4.69, 9.17) is 9.47 Å². The van der Waals surface area contributed by atoms with Crippen molar-refractivity contribution in [2.24, 2.45) is 0 Å². The SMILES string of the molecule is CCCCn1cnc2c1c(=O)n(CC(=O)NCc1ccc3c(c1)OCO3)c(=O)n2CCCC. The molecule has 33 heavy (non-hydrogen) atoms. The summed E-state index contributed by atoms with van der Waals surface area (Å²) in [5.74, 6) is 0.868. The van der Waals surface area contributed by atoms with E-state index < -0.39 is 17.2 Å². The van der Waals surface area contributed by atoms with Crippen LogP contribution in [-0.4, -0.2) is 31.4 Å². The standard InChI is InChI=1S/C23H29N5O5/c1-3-5-9-26-14-25-21-20(26)22(30)28(23(31)27(21)10-6-4-2)13-19(29)24-12-16-7-8-17-18(11-16)33-15-32-17/h7-8,11,14H,3-6,9-10,12-13,15H2,1-2H3,(H,24,29). The minimum absolute atomic E-state index is 0.176. The van der Waals surface area contributed by atoms with Crippen LogP contribution in [0.1, 0.15) is 45.1 Å². The third-order valence-electron chi connectivity index (χ3n) is 5.70. The van der Waals surface area contributed by atoms with Gasteiger partial charge in [-0.2, -0.15) is 0 Å². The number of hydrogen-bond donors (Lipinski definition) is 1. The first kappa shape index (κ1) is 22.6. The molecule has 2 aromatic heterocycles. The highest BCUT2D eigenvalue weighted by molar-refractivity contribution is 5.76. The topological polar surface area (TPSA) is 109 Å². The van der Waals surface area contributed by atoms with Crippen LogP contribution in [0, 0.1) is 0 Å². The zero-order valence-corrected chi connectivity index (χ0v) is 19.0. The summed E-state index contributed by atoms with van der Waals surface area (Å²) in [6.07, 6.45) is 5.11. The van der Waals surface area contributed by atoms with Gasteiger partial charge in [-0.15, -0.1) is 0 Å². The molecule has 0 bridgehead atoms. The normalized spacial score (nSPS) is 12.4. The number of imidazole rings is 1. The third-order valence-corrected chi connectivity index (χ3v) is 5.70. The molecular formula is C23H29N5O5. The van der Waals surface area contributed by atoms with E-state index >= 15 is 0 Å². The maximum atomic E-state index is 13.2. The van der Waals surface area contributed by atoms with Gasteiger partial charge in [0.25, 0.3) is 5.56 Å². The lowest BCUT2D eigenvalue weighted by Crippen LogP contribution is -2.44. The molecular weight excluding hydrogens is 426 g/mol. The molecule has 1 aromatic carbocycles. The van der Waals surface area contributed by atoms with Crippen molar-refractivity contribution in [3.8, 4) is 11.5 Å². The molecule has 1 amide bonds. The minimum Gasteiger partial charge on any atom is -0.454 e. The van der Waals surface area contributed by atoms with E-state index in [1.165, 1.54) is 4.57 Å². The Hall–Kier alpha value is -3.56. The second-order valence-electron chi connectivity index (χ2n) is 8.11. The number of fused-ring (bicyclic) bond motifs is 2. The fourth-order valence-electron chi connectivity index (χ4n) is 3.84. The fourth-order valence-corrected chi connectivity index (χ4v) is 3.84. The summed E-state index contributed by atoms with van der Waals surface area (Å²) in [6, 6.07) is 5.41. The quantitative estimate of drug-likeness (QED) is 0.501. The molecule has 1 N–H and O–H groups in total. The average Bonchev–Trinajstić information content (AvgIpc) is 3.45. The van der Waals surface area contributed by atoms with E-state index in [1.54, 1.807) is 23.0 Å². The molecule has 4 rings (SSSR count). The number of ether oxygens (including phenoxy) is 2. The Morgan fingerprint density at radius 1 is 1.06 bits per heavy atom. The van der Waals surface area contributed by atoms with Crippen molar-refractivity contribution < 1.29 is 14.3 Å². The van der Waals surface area contributed by atoms with Gasteiger partial charge in [0.05, 0.1) is 6.33 Å².